The van der Waals surface area contributed by atoms with Gasteiger partial charge in [0.15, 0.2) is 0 Å². The molecule has 0 radical (unpaired) electrons. The number of unbranched alkanes of at least 4 members (excludes halogenated alkanes) is 59. The second kappa shape index (κ2) is 78.3. The van der Waals surface area contributed by atoms with Crippen molar-refractivity contribution in [1.29, 1.82) is 0 Å². The summed E-state index contributed by atoms with van der Waals surface area (Å²) in [6.07, 6.45) is 104. The summed E-state index contributed by atoms with van der Waals surface area (Å²) in [6, 6.07) is -0.628. The van der Waals surface area contributed by atoms with Gasteiger partial charge in [-0.15, -0.1) is 0 Å². The maximum atomic E-state index is 12.5. The van der Waals surface area contributed by atoms with Crippen molar-refractivity contribution in [3.05, 3.63) is 48.6 Å². The van der Waals surface area contributed by atoms with Gasteiger partial charge in [-0.05, 0) is 89.9 Å². The molecule has 0 aromatic carbocycles. The van der Waals surface area contributed by atoms with Crippen LogP contribution in [0.4, 0.5) is 0 Å². The number of nitrogens with one attached hydrogen (secondary N) is 1. The molecule has 1 amide bonds. The second-order valence-corrected chi connectivity index (χ2v) is 27.7. The van der Waals surface area contributed by atoms with E-state index in [1.807, 2.05) is 6.08 Å². The second-order valence-electron chi connectivity index (χ2n) is 27.7. The molecule has 2 unspecified atom stereocenters. The van der Waals surface area contributed by atoms with Crippen molar-refractivity contribution in [2.24, 2.45) is 0 Å². The fourth-order valence-electron chi connectivity index (χ4n) is 12.7. The highest BCUT2D eigenvalue weighted by Gasteiger charge is 2.18. The minimum atomic E-state index is -0.845. The van der Waals surface area contributed by atoms with Crippen molar-refractivity contribution in [2.75, 3.05) is 13.2 Å². The summed E-state index contributed by atoms with van der Waals surface area (Å²) in [6.45, 7) is 4.94. The van der Waals surface area contributed by atoms with Crippen LogP contribution in [0.3, 0.4) is 0 Å². The standard InChI is InChI=1S/C83H157NO5/c1-3-5-7-9-11-13-15-17-19-21-22-23-37-40-44-47-51-55-59-63-67-71-75-81(86)80(79-85)84-82(87)76-72-68-64-60-56-52-48-45-41-38-35-33-31-29-27-25-24-26-28-30-32-34-36-39-42-46-50-54-58-62-66-70-74-78-89-83(88)77-73-69-65-61-57-53-49-43-20-18-16-14-12-10-8-6-4-2/h18,20,28,30,34,36,71,75,80-81,85-86H,3-17,19,21-27,29,31-33,35,37-70,72-74,76-79H2,1-2H3,(H,84,87)/b20-18-,30-28-,36-34-,75-71+. The number of aliphatic hydroxyl groups is 2. The van der Waals surface area contributed by atoms with E-state index in [0.29, 0.717) is 19.4 Å². The SMILES string of the molecule is CCCCCCCC/C=C\CCCCCCCCCC(=O)OCCCCCCCCCCC/C=C\C/C=C\CCCCCCCCCCCCCCCCCCCC(=O)NC(CO)C(O)/C=C/CCCCCCCCCCCCCCCCCCCCCC. The van der Waals surface area contributed by atoms with Gasteiger partial charge in [-0.25, -0.2) is 0 Å². The van der Waals surface area contributed by atoms with E-state index in [4.69, 9.17) is 4.74 Å². The number of carbonyl (C=O) groups is 2. The lowest BCUT2D eigenvalue weighted by Gasteiger charge is -2.20. The lowest BCUT2D eigenvalue weighted by Crippen LogP contribution is -2.45. The number of esters is 1. The zero-order chi connectivity index (χ0) is 64.2. The Morgan fingerprint density at radius 2 is 0.562 bits per heavy atom. The normalized spacial score (nSPS) is 12.7. The van der Waals surface area contributed by atoms with Gasteiger partial charge in [0.1, 0.15) is 0 Å². The minimum Gasteiger partial charge on any atom is -0.466 e. The molecule has 0 aliphatic rings. The molecule has 0 rings (SSSR count). The highest BCUT2D eigenvalue weighted by molar-refractivity contribution is 5.76. The number of allylic oxidation sites excluding steroid dienone is 7. The number of rotatable bonds is 76. The van der Waals surface area contributed by atoms with Crippen LogP contribution in [-0.2, 0) is 14.3 Å². The zero-order valence-corrected chi connectivity index (χ0v) is 60.2. The first-order chi connectivity index (χ1) is 44.0. The van der Waals surface area contributed by atoms with Crippen LogP contribution in [0.5, 0.6) is 0 Å². The summed E-state index contributed by atoms with van der Waals surface area (Å²) in [5.41, 5.74) is 0. The highest BCUT2D eigenvalue weighted by atomic mass is 16.5. The van der Waals surface area contributed by atoms with E-state index >= 15 is 0 Å². The zero-order valence-electron chi connectivity index (χ0n) is 60.2. The molecule has 2 atom stereocenters. The number of aliphatic hydroxyl groups excluding tert-OH is 2. The van der Waals surface area contributed by atoms with Crippen molar-refractivity contribution in [2.45, 2.75) is 456 Å². The first-order valence-corrected chi connectivity index (χ1v) is 40.4. The lowest BCUT2D eigenvalue weighted by atomic mass is 10.0. The van der Waals surface area contributed by atoms with E-state index in [1.54, 1.807) is 6.08 Å². The van der Waals surface area contributed by atoms with E-state index in [2.05, 4.69) is 55.6 Å². The van der Waals surface area contributed by atoms with Gasteiger partial charge in [-0.1, -0.05) is 390 Å². The Balaban J connectivity index is 3.40. The topological polar surface area (TPSA) is 95.9 Å². The van der Waals surface area contributed by atoms with Gasteiger partial charge in [-0.3, -0.25) is 9.59 Å². The van der Waals surface area contributed by atoms with E-state index in [1.165, 1.54) is 366 Å². The average Bonchev–Trinajstić information content (AvgIpc) is 3.59. The van der Waals surface area contributed by atoms with Gasteiger partial charge in [0, 0.05) is 12.8 Å². The van der Waals surface area contributed by atoms with Gasteiger partial charge in [-0.2, -0.15) is 0 Å². The maximum Gasteiger partial charge on any atom is 0.305 e. The quantitative estimate of drug-likeness (QED) is 0.0320. The molecule has 0 bridgehead atoms. The first kappa shape index (κ1) is 86.8. The molecule has 0 spiro atoms. The first-order valence-electron chi connectivity index (χ1n) is 40.4. The van der Waals surface area contributed by atoms with Gasteiger partial charge < -0.3 is 20.3 Å². The molecule has 524 valence electrons. The number of amides is 1. The Morgan fingerprint density at radius 1 is 0.315 bits per heavy atom. The molecule has 6 nitrogen and oxygen atoms in total. The smallest absolute Gasteiger partial charge is 0.305 e. The lowest BCUT2D eigenvalue weighted by molar-refractivity contribution is -0.143. The highest BCUT2D eigenvalue weighted by Crippen LogP contribution is 2.19. The van der Waals surface area contributed by atoms with Gasteiger partial charge in [0.05, 0.1) is 25.4 Å². The molecule has 3 N–H and O–H groups in total. The van der Waals surface area contributed by atoms with Crippen LogP contribution in [0.25, 0.3) is 0 Å². The molecule has 0 heterocycles. The molecule has 0 aliphatic carbocycles. The van der Waals surface area contributed by atoms with Crippen molar-refractivity contribution in [1.82, 2.24) is 5.32 Å². The molecule has 0 fully saturated rings. The van der Waals surface area contributed by atoms with E-state index in [0.717, 1.165) is 51.4 Å². The summed E-state index contributed by atoms with van der Waals surface area (Å²) >= 11 is 0. The number of carbonyl (C=O) groups excluding carboxylic acids is 2. The number of hydrogen-bond donors (Lipinski definition) is 3. The molecule has 0 aromatic rings. The Kier molecular flexibility index (Phi) is 76.3. The molecule has 89 heavy (non-hydrogen) atoms. The average molecular weight is 1250 g/mol. The summed E-state index contributed by atoms with van der Waals surface area (Å²) in [5, 5.41) is 23.3. The summed E-state index contributed by atoms with van der Waals surface area (Å²) in [4.78, 5) is 24.7. The third kappa shape index (κ3) is 74.7. The van der Waals surface area contributed by atoms with Crippen LogP contribution >= 0.6 is 0 Å². The molecular weight excluding hydrogens is 1090 g/mol. The van der Waals surface area contributed by atoms with Crippen LogP contribution in [0.15, 0.2) is 48.6 Å². The van der Waals surface area contributed by atoms with Gasteiger partial charge in [0.2, 0.25) is 5.91 Å². The van der Waals surface area contributed by atoms with Crippen molar-refractivity contribution < 1.29 is 24.5 Å². The predicted octanol–water partition coefficient (Wildman–Crippen LogP) is 26.8. The Hall–Kier alpha value is -2.18. The third-order valence-electron chi connectivity index (χ3n) is 18.8. The Bertz CT molecular complexity index is 1490. The fraction of sp³-hybridized carbons (Fsp3) is 0.880. The summed E-state index contributed by atoms with van der Waals surface area (Å²) in [7, 11) is 0. The van der Waals surface area contributed by atoms with Crippen LogP contribution in [-0.4, -0.2) is 47.4 Å². The predicted molar refractivity (Wildman–Crippen MR) is 393 cm³/mol. The minimum absolute atomic E-state index is 0.0112. The van der Waals surface area contributed by atoms with Gasteiger partial charge >= 0.3 is 5.97 Å². The Labute approximate surface area is 556 Å². The molecule has 0 saturated carbocycles. The molecular formula is C83H157NO5. The van der Waals surface area contributed by atoms with Gasteiger partial charge in [0.25, 0.3) is 0 Å². The third-order valence-corrected chi connectivity index (χ3v) is 18.8. The van der Waals surface area contributed by atoms with Crippen LogP contribution in [0.1, 0.15) is 444 Å². The number of ether oxygens (including phenoxy) is 1. The van der Waals surface area contributed by atoms with E-state index in [-0.39, 0.29) is 18.5 Å². The molecule has 6 heteroatoms. The largest absolute Gasteiger partial charge is 0.466 e. The van der Waals surface area contributed by atoms with Crippen molar-refractivity contribution >= 4 is 11.9 Å². The summed E-state index contributed by atoms with van der Waals surface area (Å²) in [5.74, 6) is -0.0506. The van der Waals surface area contributed by atoms with Crippen LogP contribution in [0, 0.1) is 0 Å². The number of hydrogen-bond acceptors (Lipinski definition) is 5. The molecule has 0 aliphatic heterocycles. The molecule has 0 aromatic heterocycles. The van der Waals surface area contributed by atoms with E-state index < -0.39 is 12.1 Å². The van der Waals surface area contributed by atoms with Crippen molar-refractivity contribution in [3.63, 3.8) is 0 Å². The monoisotopic (exact) mass is 1250 g/mol. The maximum absolute atomic E-state index is 12.5. The molecule has 0 saturated heterocycles. The van der Waals surface area contributed by atoms with E-state index in [9.17, 15) is 19.8 Å². The fourth-order valence-corrected chi connectivity index (χ4v) is 12.7. The van der Waals surface area contributed by atoms with Crippen molar-refractivity contribution in [3.8, 4) is 0 Å². The summed E-state index contributed by atoms with van der Waals surface area (Å²) < 4.78 is 5.50. The van der Waals surface area contributed by atoms with Crippen LogP contribution in [0.2, 0.25) is 0 Å². The van der Waals surface area contributed by atoms with Crippen LogP contribution < -0.4 is 5.32 Å². The Morgan fingerprint density at radius 3 is 0.865 bits per heavy atom.